The van der Waals surface area contributed by atoms with Crippen molar-refractivity contribution in [3.05, 3.63) is 29.3 Å². The van der Waals surface area contributed by atoms with Crippen molar-refractivity contribution in [2.75, 3.05) is 0 Å². The molecule has 1 aromatic carbocycles. The molecule has 0 aliphatic rings. The van der Waals surface area contributed by atoms with E-state index in [0.717, 1.165) is 0 Å². The van der Waals surface area contributed by atoms with Crippen LogP contribution in [0.1, 0.15) is 24.1 Å². The molecule has 0 heterocycles. The average Bonchev–Trinajstić information content (AvgIpc) is 2.05. The normalized spacial score (nSPS) is 11.2. The molecular weight excluding hydrogens is 188 g/mol. The number of aromatic hydroxyl groups is 1. The van der Waals surface area contributed by atoms with Gasteiger partial charge in [0.1, 0.15) is 5.75 Å². The van der Waals surface area contributed by atoms with Gasteiger partial charge in [0.2, 0.25) is 0 Å². The highest BCUT2D eigenvalue weighted by molar-refractivity contribution is 5.85. The van der Waals surface area contributed by atoms with Gasteiger partial charge in [-0.05, 0) is 25.1 Å². The number of nitrogens with zero attached hydrogens (tertiary/aromatic N) is 1. The van der Waals surface area contributed by atoms with Crippen LogP contribution in [-0.2, 0) is 0 Å². The zero-order valence-corrected chi connectivity index (χ0v) is 8.01. The monoisotopic (exact) mass is 198 g/mol. The molecule has 0 fully saturated rings. The SMILES string of the molecule is C[C@H](N)c1cc(C#N)ccc1O.Cl. The van der Waals surface area contributed by atoms with E-state index in [-0.39, 0.29) is 24.2 Å². The van der Waals surface area contributed by atoms with Crippen LogP contribution < -0.4 is 5.73 Å². The van der Waals surface area contributed by atoms with E-state index in [1.165, 1.54) is 6.07 Å². The average molecular weight is 199 g/mol. The summed E-state index contributed by atoms with van der Waals surface area (Å²) in [5, 5.41) is 17.9. The van der Waals surface area contributed by atoms with Crippen molar-refractivity contribution in [2.45, 2.75) is 13.0 Å². The van der Waals surface area contributed by atoms with Gasteiger partial charge in [0.05, 0.1) is 11.6 Å². The van der Waals surface area contributed by atoms with Crippen LogP contribution in [-0.4, -0.2) is 5.11 Å². The first-order chi connectivity index (χ1) is 5.65. The van der Waals surface area contributed by atoms with Crippen LogP contribution in [0.15, 0.2) is 18.2 Å². The summed E-state index contributed by atoms with van der Waals surface area (Å²) in [4.78, 5) is 0. The summed E-state index contributed by atoms with van der Waals surface area (Å²) in [6.07, 6.45) is 0. The molecule has 0 amide bonds. The Morgan fingerprint density at radius 3 is 2.62 bits per heavy atom. The Labute approximate surface area is 83.2 Å². The van der Waals surface area contributed by atoms with Gasteiger partial charge in [-0.15, -0.1) is 12.4 Å². The van der Waals surface area contributed by atoms with E-state index < -0.39 is 0 Å². The molecule has 0 spiro atoms. The predicted molar refractivity (Wildman–Crippen MR) is 52.7 cm³/mol. The first-order valence-corrected chi connectivity index (χ1v) is 3.63. The lowest BCUT2D eigenvalue weighted by Crippen LogP contribution is -2.05. The van der Waals surface area contributed by atoms with Crippen LogP contribution in [0, 0.1) is 11.3 Å². The molecule has 0 unspecified atom stereocenters. The topological polar surface area (TPSA) is 70.0 Å². The van der Waals surface area contributed by atoms with Crippen LogP contribution in [0.5, 0.6) is 5.75 Å². The second kappa shape index (κ2) is 4.70. The number of rotatable bonds is 1. The van der Waals surface area contributed by atoms with E-state index in [2.05, 4.69) is 0 Å². The van der Waals surface area contributed by atoms with Crippen LogP contribution in [0.25, 0.3) is 0 Å². The molecule has 0 radical (unpaired) electrons. The third-order valence-electron chi connectivity index (χ3n) is 1.65. The maximum Gasteiger partial charge on any atom is 0.120 e. The third kappa shape index (κ3) is 2.62. The zero-order valence-electron chi connectivity index (χ0n) is 7.19. The number of halogens is 1. The van der Waals surface area contributed by atoms with Gasteiger partial charge in [0.15, 0.2) is 0 Å². The van der Waals surface area contributed by atoms with Crippen molar-refractivity contribution >= 4 is 12.4 Å². The van der Waals surface area contributed by atoms with Crippen molar-refractivity contribution < 1.29 is 5.11 Å². The van der Waals surface area contributed by atoms with Gasteiger partial charge >= 0.3 is 0 Å². The third-order valence-corrected chi connectivity index (χ3v) is 1.65. The summed E-state index contributed by atoms with van der Waals surface area (Å²) in [5.41, 5.74) is 6.69. The van der Waals surface area contributed by atoms with Crippen molar-refractivity contribution in [2.24, 2.45) is 5.73 Å². The largest absolute Gasteiger partial charge is 0.508 e. The lowest BCUT2D eigenvalue weighted by molar-refractivity contribution is 0.463. The second-order valence-corrected chi connectivity index (χ2v) is 2.67. The Kier molecular flexibility index (Phi) is 4.26. The molecule has 0 aromatic heterocycles. The molecule has 0 saturated heterocycles. The highest BCUT2D eigenvalue weighted by atomic mass is 35.5. The summed E-state index contributed by atoms with van der Waals surface area (Å²) in [5.74, 6) is 0.143. The van der Waals surface area contributed by atoms with Gasteiger partial charge in [-0.2, -0.15) is 5.26 Å². The maximum atomic E-state index is 9.31. The van der Waals surface area contributed by atoms with Gasteiger partial charge in [0.25, 0.3) is 0 Å². The summed E-state index contributed by atoms with van der Waals surface area (Å²) in [6.45, 7) is 1.76. The number of phenolic OH excluding ortho intramolecular Hbond substituents is 1. The van der Waals surface area contributed by atoms with E-state index in [4.69, 9.17) is 11.0 Å². The number of hydrogen-bond donors (Lipinski definition) is 2. The Bertz CT molecular complexity index is 331. The minimum Gasteiger partial charge on any atom is -0.508 e. The molecule has 1 rings (SSSR count). The predicted octanol–water partition coefficient (Wildman–Crippen LogP) is 1.71. The zero-order chi connectivity index (χ0) is 9.14. The molecular formula is C9H11ClN2O. The molecule has 0 saturated carbocycles. The van der Waals surface area contributed by atoms with Gasteiger partial charge in [0, 0.05) is 11.6 Å². The van der Waals surface area contributed by atoms with E-state index >= 15 is 0 Å². The van der Waals surface area contributed by atoms with E-state index in [1.807, 2.05) is 6.07 Å². The van der Waals surface area contributed by atoms with Crippen molar-refractivity contribution in [3.63, 3.8) is 0 Å². The van der Waals surface area contributed by atoms with Gasteiger partial charge in [-0.25, -0.2) is 0 Å². The maximum absolute atomic E-state index is 9.31. The number of phenols is 1. The highest BCUT2D eigenvalue weighted by Gasteiger charge is 2.06. The smallest absolute Gasteiger partial charge is 0.120 e. The quantitative estimate of drug-likeness (QED) is 0.722. The van der Waals surface area contributed by atoms with Gasteiger partial charge < -0.3 is 10.8 Å². The first-order valence-electron chi connectivity index (χ1n) is 3.63. The fraction of sp³-hybridized carbons (Fsp3) is 0.222. The van der Waals surface area contributed by atoms with E-state index in [1.54, 1.807) is 19.1 Å². The van der Waals surface area contributed by atoms with Crippen LogP contribution in [0.3, 0.4) is 0 Å². The fourth-order valence-electron chi connectivity index (χ4n) is 0.989. The molecule has 0 aliphatic carbocycles. The van der Waals surface area contributed by atoms with Crippen molar-refractivity contribution in [1.29, 1.82) is 5.26 Å². The summed E-state index contributed by atoms with van der Waals surface area (Å²) in [7, 11) is 0. The Hall–Kier alpha value is -1.24. The Morgan fingerprint density at radius 2 is 2.15 bits per heavy atom. The molecule has 0 aliphatic heterocycles. The van der Waals surface area contributed by atoms with E-state index in [9.17, 15) is 5.11 Å². The lowest BCUT2D eigenvalue weighted by Gasteiger charge is -2.07. The molecule has 4 heteroatoms. The minimum atomic E-state index is -0.252. The number of nitrogens with two attached hydrogens (primary N) is 1. The second-order valence-electron chi connectivity index (χ2n) is 2.67. The summed E-state index contributed by atoms with van der Waals surface area (Å²) in [6, 6.07) is 6.37. The first kappa shape index (κ1) is 11.8. The number of hydrogen-bond acceptors (Lipinski definition) is 3. The van der Waals surface area contributed by atoms with Crippen molar-refractivity contribution in [1.82, 2.24) is 0 Å². The van der Waals surface area contributed by atoms with Crippen LogP contribution >= 0.6 is 12.4 Å². The summed E-state index contributed by atoms with van der Waals surface area (Å²) < 4.78 is 0. The van der Waals surface area contributed by atoms with Crippen LogP contribution in [0.2, 0.25) is 0 Å². The van der Waals surface area contributed by atoms with Crippen LogP contribution in [0.4, 0.5) is 0 Å². The molecule has 3 N–H and O–H groups in total. The van der Waals surface area contributed by atoms with E-state index in [0.29, 0.717) is 11.1 Å². The molecule has 1 atom stereocenters. The Balaban J connectivity index is 0.00000144. The minimum absolute atomic E-state index is 0. The van der Waals surface area contributed by atoms with Crippen molar-refractivity contribution in [3.8, 4) is 11.8 Å². The molecule has 3 nitrogen and oxygen atoms in total. The fourth-order valence-corrected chi connectivity index (χ4v) is 0.989. The molecule has 1 aromatic rings. The number of nitriles is 1. The molecule has 0 bridgehead atoms. The standard InChI is InChI=1S/C9H10N2O.ClH/c1-6(11)8-4-7(5-10)2-3-9(8)12;/h2-4,6,12H,11H2,1H3;1H/t6-;/m0./s1. The summed E-state index contributed by atoms with van der Waals surface area (Å²) >= 11 is 0. The Morgan fingerprint density at radius 1 is 1.54 bits per heavy atom. The van der Waals surface area contributed by atoms with Gasteiger partial charge in [-0.1, -0.05) is 0 Å². The van der Waals surface area contributed by atoms with Gasteiger partial charge in [-0.3, -0.25) is 0 Å². The highest BCUT2D eigenvalue weighted by Crippen LogP contribution is 2.22. The number of benzene rings is 1. The molecule has 13 heavy (non-hydrogen) atoms. The lowest BCUT2D eigenvalue weighted by atomic mass is 10.1. The molecule has 70 valence electrons.